The van der Waals surface area contributed by atoms with E-state index in [2.05, 4.69) is 4.98 Å². The molecular weight excluding hydrogens is 460 g/mol. The molecule has 0 unspecified atom stereocenters. The second kappa shape index (κ2) is 9.14. The molecule has 0 spiro atoms. The van der Waals surface area contributed by atoms with Gasteiger partial charge in [0.1, 0.15) is 28.2 Å². The van der Waals surface area contributed by atoms with Crippen molar-refractivity contribution in [2.24, 2.45) is 0 Å². The third kappa shape index (κ3) is 3.86. The largest absolute Gasteiger partial charge is 0.507 e. The van der Waals surface area contributed by atoms with Gasteiger partial charge in [-0.1, -0.05) is 11.3 Å². The Balaban J connectivity index is 1.87. The lowest BCUT2D eigenvalue weighted by atomic mass is 9.98. The van der Waals surface area contributed by atoms with E-state index in [0.717, 1.165) is 21.8 Å². The Morgan fingerprint density at radius 2 is 2.03 bits per heavy atom. The van der Waals surface area contributed by atoms with Gasteiger partial charge in [0, 0.05) is 5.56 Å². The van der Waals surface area contributed by atoms with Crippen LogP contribution in [-0.4, -0.2) is 41.5 Å². The summed E-state index contributed by atoms with van der Waals surface area (Å²) in [4.78, 5) is 44.3. The molecule has 2 aromatic heterocycles. The van der Waals surface area contributed by atoms with Crippen molar-refractivity contribution < 1.29 is 33.4 Å². The smallest absolute Gasteiger partial charge is 0.350 e. The number of furan rings is 1. The highest BCUT2D eigenvalue weighted by atomic mass is 32.1. The second-order valence-electron chi connectivity index (χ2n) is 7.50. The zero-order valence-corrected chi connectivity index (χ0v) is 19.8. The van der Waals surface area contributed by atoms with Gasteiger partial charge in [0.2, 0.25) is 0 Å². The molecule has 0 radical (unpaired) electrons. The van der Waals surface area contributed by atoms with Crippen LogP contribution in [-0.2, 0) is 14.3 Å². The predicted molar refractivity (Wildman–Crippen MR) is 124 cm³/mol. The molecule has 3 aromatic rings. The first-order chi connectivity index (χ1) is 16.3. The molecule has 1 atom stereocenters. The van der Waals surface area contributed by atoms with E-state index in [9.17, 15) is 19.5 Å². The molecule has 1 aliphatic rings. The van der Waals surface area contributed by atoms with Gasteiger partial charge in [-0.25, -0.2) is 9.78 Å². The number of ether oxygens (including phenoxy) is 2. The number of thiazole rings is 1. The van der Waals surface area contributed by atoms with Gasteiger partial charge < -0.3 is 19.0 Å². The van der Waals surface area contributed by atoms with Gasteiger partial charge in [0.25, 0.3) is 5.78 Å². The molecule has 0 aliphatic carbocycles. The number of carbonyl (C=O) groups excluding carboxylic acids is 3. The summed E-state index contributed by atoms with van der Waals surface area (Å²) in [7, 11) is 1.53. The van der Waals surface area contributed by atoms with Crippen LogP contribution in [0.25, 0.3) is 5.76 Å². The zero-order chi connectivity index (χ0) is 24.6. The number of amides is 1. The van der Waals surface area contributed by atoms with Crippen LogP contribution in [0, 0.1) is 13.8 Å². The van der Waals surface area contributed by atoms with Gasteiger partial charge >= 0.3 is 11.9 Å². The summed E-state index contributed by atoms with van der Waals surface area (Å²) in [6, 6.07) is 7.07. The lowest BCUT2D eigenvalue weighted by molar-refractivity contribution is -0.132. The summed E-state index contributed by atoms with van der Waals surface area (Å²) < 4.78 is 15.9. The van der Waals surface area contributed by atoms with Crippen molar-refractivity contribution in [1.82, 2.24) is 4.98 Å². The molecule has 3 heterocycles. The van der Waals surface area contributed by atoms with Gasteiger partial charge in [0.15, 0.2) is 5.13 Å². The molecule has 10 heteroatoms. The topological polar surface area (TPSA) is 119 Å². The van der Waals surface area contributed by atoms with Gasteiger partial charge in [-0.3, -0.25) is 14.5 Å². The third-order valence-corrected chi connectivity index (χ3v) is 6.51. The third-order valence-electron chi connectivity index (χ3n) is 5.38. The van der Waals surface area contributed by atoms with Gasteiger partial charge in [-0.15, -0.1) is 0 Å². The number of anilines is 1. The first-order valence-corrected chi connectivity index (χ1v) is 11.2. The van der Waals surface area contributed by atoms with Crippen molar-refractivity contribution in [3.05, 3.63) is 69.6 Å². The maximum atomic E-state index is 13.2. The fourth-order valence-corrected chi connectivity index (χ4v) is 4.79. The van der Waals surface area contributed by atoms with Crippen molar-refractivity contribution in [1.29, 1.82) is 0 Å². The summed E-state index contributed by atoms with van der Waals surface area (Å²) in [5.41, 5.74) is 1.31. The lowest BCUT2D eigenvalue weighted by Crippen LogP contribution is -2.29. The number of aliphatic hydroxyl groups is 1. The van der Waals surface area contributed by atoms with Crippen molar-refractivity contribution in [2.45, 2.75) is 26.8 Å². The Hall–Kier alpha value is -3.92. The zero-order valence-electron chi connectivity index (χ0n) is 18.9. The molecule has 1 aliphatic heterocycles. The second-order valence-corrected chi connectivity index (χ2v) is 8.48. The molecule has 176 valence electrons. The van der Waals surface area contributed by atoms with Crippen LogP contribution in [0.2, 0.25) is 0 Å². The molecule has 0 bridgehead atoms. The minimum absolute atomic E-state index is 0.119. The SMILES string of the molecule is CCOC(=O)c1sc(N2C(=O)C(=O)C(=C(O)c3ccc(OC)c(C)c3)[C@@H]2c2ccco2)nc1C. The van der Waals surface area contributed by atoms with E-state index in [1.807, 2.05) is 0 Å². The Bertz CT molecular complexity index is 1310. The minimum Gasteiger partial charge on any atom is -0.507 e. The van der Waals surface area contributed by atoms with Crippen molar-refractivity contribution in [3.63, 3.8) is 0 Å². The molecule has 1 fully saturated rings. The quantitative estimate of drug-likeness (QED) is 0.241. The summed E-state index contributed by atoms with van der Waals surface area (Å²) in [6.07, 6.45) is 1.41. The highest BCUT2D eigenvalue weighted by Gasteiger charge is 2.49. The Morgan fingerprint density at radius 1 is 1.26 bits per heavy atom. The van der Waals surface area contributed by atoms with E-state index in [1.165, 1.54) is 13.4 Å². The Kier molecular flexibility index (Phi) is 6.25. The molecule has 1 amide bonds. The van der Waals surface area contributed by atoms with E-state index in [0.29, 0.717) is 17.0 Å². The fraction of sp³-hybridized carbons (Fsp3) is 0.250. The van der Waals surface area contributed by atoms with Crippen molar-refractivity contribution in [3.8, 4) is 5.75 Å². The molecule has 4 rings (SSSR count). The molecule has 9 nitrogen and oxygen atoms in total. The van der Waals surface area contributed by atoms with Crippen molar-refractivity contribution in [2.75, 3.05) is 18.6 Å². The summed E-state index contributed by atoms with van der Waals surface area (Å²) >= 11 is 0.933. The average molecular weight is 483 g/mol. The van der Waals surface area contributed by atoms with Crippen LogP contribution in [0.15, 0.2) is 46.6 Å². The molecular formula is C24H22N2O7S. The van der Waals surface area contributed by atoms with E-state index in [-0.39, 0.29) is 33.7 Å². The highest BCUT2D eigenvalue weighted by molar-refractivity contribution is 7.17. The number of carbonyl (C=O) groups is 3. The number of benzene rings is 1. The Labute approximate surface area is 199 Å². The van der Waals surface area contributed by atoms with Gasteiger partial charge in [-0.2, -0.15) is 0 Å². The predicted octanol–water partition coefficient (Wildman–Crippen LogP) is 4.16. The standard InChI is InChI=1S/C24H22N2O7S/c1-5-32-23(30)21-13(3)25-24(34-21)26-18(16-7-6-10-33-16)17(20(28)22(26)29)19(27)14-8-9-15(31-4)12(2)11-14/h6-11,18,27H,5H2,1-4H3/t18-/m0/s1. The minimum atomic E-state index is -1.07. The number of aliphatic hydroxyl groups excluding tert-OH is 1. The van der Waals surface area contributed by atoms with E-state index in [4.69, 9.17) is 13.9 Å². The first-order valence-electron chi connectivity index (χ1n) is 10.4. The molecule has 1 N–H and O–H groups in total. The van der Waals surface area contributed by atoms with Crippen molar-refractivity contribution >= 4 is 39.9 Å². The van der Waals surface area contributed by atoms with Gasteiger partial charge in [-0.05, 0) is 56.7 Å². The van der Waals surface area contributed by atoms with E-state index in [1.54, 1.807) is 51.1 Å². The van der Waals surface area contributed by atoms with E-state index < -0.39 is 23.7 Å². The van der Waals surface area contributed by atoms with Gasteiger partial charge in [0.05, 0.1) is 31.2 Å². The van der Waals surface area contributed by atoms with Crippen LogP contribution in [0.4, 0.5) is 5.13 Å². The van der Waals surface area contributed by atoms with Crippen LogP contribution in [0.3, 0.4) is 0 Å². The number of Topliss-reactive ketones (excluding diaryl/α,β-unsaturated/α-hetero) is 1. The maximum Gasteiger partial charge on any atom is 0.350 e. The number of hydrogen-bond donors (Lipinski definition) is 1. The maximum absolute atomic E-state index is 13.2. The Morgan fingerprint density at radius 3 is 2.65 bits per heavy atom. The van der Waals surface area contributed by atoms with Crippen LogP contribution < -0.4 is 9.64 Å². The number of aromatic nitrogens is 1. The summed E-state index contributed by atoms with van der Waals surface area (Å²) in [5.74, 6) is -1.83. The molecule has 0 saturated carbocycles. The number of ketones is 1. The number of methoxy groups -OCH3 is 1. The number of nitrogens with zero attached hydrogens (tertiary/aromatic N) is 2. The normalized spacial score (nSPS) is 17.3. The average Bonchev–Trinajstić information content (AvgIpc) is 3.52. The fourth-order valence-electron chi connectivity index (χ4n) is 3.80. The number of esters is 1. The van der Waals surface area contributed by atoms with E-state index >= 15 is 0 Å². The first kappa shape index (κ1) is 23.2. The highest BCUT2D eigenvalue weighted by Crippen LogP contribution is 2.44. The number of aryl methyl sites for hydroxylation is 2. The number of hydrogen-bond acceptors (Lipinski definition) is 9. The molecule has 1 aromatic carbocycles. The molecule has 1 saturated heterocycles. The lowest BCUT2D eigenvalue weighted by Gasteiger charge is -2.20. The van der Waals surface area contributed by atoms with Crippen LogP contribution >= 0.6 is 11.3 Å². The monoisotopic (exact) mass is 482 g/mol. The molecule has 34 heavy (non-hydrogen) atoms. The summed E-state index contributed by atoms with van der Waals surface area (Å²) in [6.45, 7) is 5.29. The van der Waals surface area contributed by atoms with Crippen LogP contribution in [0.5, 0.6) is 5.75 Å². The number of rotatable bonds is 6. The van der Waals surface area contributed by atoms with Crippen LogP contribution in [0.1, 0.15) is 45.2 Å². The summed E-state index contributed by atoms with van der Waals surface area (Å²) in [5, 5.41) is 11.3.